The van der Waals surface area contributed by atoms with Gasteiger partial charge >= 0.3 is 0 Å². The molecule has 0 aromatic heterocycles. The standard InChI is InChI=1S/C14H24O/c1-13(2,3)10-8-7-9-11(12(10)15)14(4,5)6/h7-9H2,1-6H3. The molecule has 1 nitrogen and oxygen atoms in total. The monoisotopic (exact) mass is 208 g/mol. The lowest BCUT2D eigenvalue weighted by atomic mass is 9.68. The Balaban J connectivity index is 3.06. The Labute approximate surface area is 94.6 Å². The SMILES string of the molecule is CC(C)(C)C1=C([O-])[C+](C(C)(C)C)CCC1. The van der Waals surface area contributed by atoms with Crippen LogP contribution in [0.25, 0.3) is 0 Å². The molecule has 0 saturated carbocycles. The molecule has 0 N–H and O–H groups in total. The molecule has 0 saturated heterocycles. The van der Waals surface area contributed by atoms with Crippen LogP contribution in [0.15, 0.2) is 11.3 Å². The average Bonchev–Trinajstić information content (AvgIpc) is 1.99. The third-order valence-corrected chi connectivity index (χ3v) is 3.21. The first-order chi connectivity index (χ1) is 6.64. The Hall–Kier alpha value is -0.590. The number of allylic oxidation sites excluding steroid dienone is 2. The molecule has 0 unspecified atom stereocenters. The van der Waals surface area contributed by atoms with Crippen LogP contribution in [0.3, 0.4) is 0 Å². The summed E-state index contributed by atoms with van der Waals surface area (Å²) in [6.07, 6.45) is 3.12. The van der Waals surface area contributed by atoms with Gasteiger partial charge in [0.25, 0.3) is 0 Å². The van der Waals surface area contributed by atoms with Crippen LogP contribution in [-0.2, 0) is 0 Å². The topological polar surface area (TPSA) is 23.1 Å². The summed E-state index contributed by atoms with van der Waals surface area (Å²) >= 11 is 0. The fourth-order valence-electron chi connectivity index (χ4n) is 2.28. The maximum absolute atomic E-state index is 12.3. The van der Waals surface area contributed by atoms with E-state index in [0.29, 0.717) is 5.76 Å². The van der Waals surface area contributed by atoms with Crippen LogP contribution >= 0.6 is 0 Å². The van der Waals surface area contributed by atoms with Gasteiger partial charge in [0.05, 0.1) is 17.3 Å². The van der Waals surface area contributed by atoms with Crippen LogP contribution in [0.1, 0.15) is 60.8 Å². The van der Waals surface area contributed by atoms with Crippen molar-refractivity contribution in [1.29, 1.82) is 0 Å². The highest BCUT2D eigenvalue weighted by atomic mass is 16.3. The molecule has 0 aliphatic heterocycles. The highest BCUT2D eigenvalue weighted by molar-refractivity contribution is 5.32. The van der Waals surface area contributed by atoms with Gasteiger partial charge in [0.15, 0.2) is 0 Å². The normalized spacial score (nSPS) is 19.7. The van der Waals surface area contributed by atoms with E-state index in [2.05, 4.69) is 41.5 Å². The van der Waals surface area contributed by atoms with Gasteiger partial charge in [-0.05, 0) is 48.0 Å². The van der Waals surface area contributed by atoms with E-state index in [4.69, 9.17) is 0 Å². The molecule has 1 aliphatic rings. The zero-order valence-corrected chi connectivity index (χ0v) is 11.0. The Bertz CT molecular complexity index is 260. The summed E-state index contributed by atoms with van der Waals surface area (Å²) in [7, 11) is 0. The summed E-state index contributed by atoms with van der Waals surface area (Å²) in [6.45, 7) is 12.9. The van der Waals surface area contributed by atoms with E-state index in [9.17, 15) is 5.11 Å². The molecule has 86 valence electrons. The van der Waals surface area contributed by atoms with Gasteiger partial charge in [-0.15, -0.1) is 0 Å². The van der Waals surface area contributed by atoms with Gasteiger partial charge in [0, 0.05) is 23.7 Å². The second-order valence-electron chi connectivity index (χ2n) is 6.64. The third kappa shape index (κ3) is 2.70. The van der Waals surface area contributed by atoms with Crippen molar-refractivity contribution in [3.8, 4) is 0 Å². The Morgan fingerprint density at radius 1 is 1.07 bits per heavy atom. The Kier molecular flexibility index (Phi) is 3.14. The molecule has 0 bridgehead atoms. The van der Waals surface area contributed by atoms with Crippen molar-refractivity contribution in [3.05, 3.63) is 17.3 Å². The molecule has 0 spiro atoms. The number of rotatable bonds is 0. The minimum atomic E-state index is 0.0357. The number of hydrogen-bond donors (Lipinski definition) is 0. The molecule has 1 rings (SSSR count). The van der Waals surface area contributed by atoms with Gasteiger partial charge in [0.2, 0.25) is 0 Å². The van der Waals surface area contributed by atoms with E-state index in [1.807, 2.05) is 0 Å². The molecule has 1 aliphatic carbocycles. The van der Waals surface area contributed by atoms with E-state index < -0.39 is 0 Å². The van der Waals surface area contributed by atoms with Crippen LogP contribution in [-0.4, -0.2) is 0 Å². The predicted octanol–water partition coefficient (Wildman–Crippen LogP) is 3.45. The molecule has 0 radical (unpaired) electrons. The van der Waals surface area contributed by atoms with Crippen molar-refractivity contribution in [2.75, 3.05) is 0 Å². The third-order valence-electron chi connectivity index (χ3n) is 3.21. The van der Waals surface area contributed by atoms with Gasteiger partial charge in [-0.25, -0.2) is 0 Å². The van der Waals surface area contributed by atoms with Crippen molar-refractivity contribution < 1.29 is 5.11 Å². The lowest BCUT2D eigenvalue weighted by molar-refractivity contribution is -0.309. The van der Waals surface area contributed by atoms with E-state index >= 15 is 0 Å². The lowest BCUT2D eigenvalue weighted by Gasteiger charge is -2.35. The summed E-state index contributed by atoms with van der Waals surface area (Å²) < 4.78 is 0. The first-order valence-corrected chi connectivity index (χ1v) is 5.91. The fraction of sp³-hybridized carbons (Fsp3) is 0.786. The van der Waals surface area contributed by atoms with Crippen LogP contribution in [0, 0.1) is 16.7 Å². The fourth-order valence-corrected chi connectivity index (χ4v) is 2.28. The van der Waals surface area contributed by atoms with Gasteiger partial charge in [-0.2, -0.15) is 0 Å². The van der Waals surface area contributed by atoms with Gasteiger partial charge in [-0.3, -0.25) is 0 Å². The predicted molar refractivity (Wildman–Crippen MR) is 63.0 cm³/mol. The quantitative estimate of drug-likeness (QED) is 0.559. The molecule has 0 aromatic rings. The van der Waals surface area contributed by atoms with E-state index in [1.165, 1.54) is 0 Å². The highest BCUT2D eigenvalue weighted by Gasteiger charge is 2.39. The summed E-state index contributed by atoms with van der Waals surface area (Å²) in [5.74, 6) is 1.47. The maximum Gasteiger partial charge on any atom is 0.0650 e. The molecule has 0 fully saturated rings. The smallest absolute Gasteiger partial charge is 0.0650 e. The van der Waals surface area contributed by atoms with E-state index in [0.717, 1.165) is 30.8 Å². The molecule has 0 heterocycles. The Morgan fingerprint density at radius 3 is 2.00 bits per heavy atom. The summed E-state index contributed by atoms with van der Waals surface area (Å²) in [5, 5.41) is 12.3. The van der Waals surface area contributed by atoms with Crippen LogP contribution in [0.2, 0.25) is 0 Å². The molecule has 0 aromatic carbocycles. The number of hydrogen-bond acceptors (Lipinski definition) is 1. The molecule has 0 amide bonds. The van der Waals surface area contributed by atoms with Crippen molar-refractivity contribution >= 4 is 0 Å². The van der Waals surface area contributed by atoms with Crippen molar-refractivity contribution in [1.82, 2.24) is 0 Å². The van der Waals surface area contributed by atoms with Crippen molar-refractivity contribution in [2.45, 2.75) is 60.8 Å². The minimum Gasteiger partial charge on any atom is -0.841 e. The molecule has 0 atom stereocenters. The van der Waals surface area contributed by atoms with Gasteiger partial charge in [0.1, 0.15) is 0 Å². The molecule has 1 heteroatoms. The average molecular weight is 208 g/mol. The first kappa shape index (κ1) is 12.5. The van der Waals surface area contributed by atoms with Crippen LogP contribution < -0.4 is 5.11 Å². The van der Waals surface area contributed by atoms with E-state index in [-0.39, 0.29) is 10.8 Å². The van der Waals surface area contributed by atoms with Gasteiger partial charge in [-0.1, -0.05) is 0 Å². The molecular formula is C14H24O. The highest BCUT2D eigenvalue weighted by Crippen LogP contribution is 2.45. The van der Waals surface area contributed by atoms with Crippen LogP contribution in [0.5, 0.6) is 0 Å². The lowest BCUT2D eigenvalue weighted by Crippen LogP contribution is -2.32. The maximum atomic E-state index is 12.3. The van der Waals surface area contributed by atoms with E-state index in [1.54, 1.807) is 0 Å². The summed E-state index contributed by atoms with van der Waals surface area (Å²) in [6, 6.07) is 0. The zero-order valence-electron chi connectivity index (χ0n) is 11.0. The first-order valence-electron chi connectivity index (χ1n) is 5.91. The summed E-state index contributed by atoms with van der Waals surface area (Å²) in [4.78, 5) is 0. The van der Waals surface area contributed by atoms with Crippen molar-refractivity contribution in [3.63, 3.8) is 0 Å². The second kappa shape index (κ2) is 3.77. The van der Waals surface area contributed by atoms with Gasteiger partial charge < -0.3 is 5.11 Å². The minimum absolute atomic E-state index is 0.0357. The Morgan fingerprint density at radius 2 is 1.60 bits per heavy atom. The second-order valence-corrected chi connectivity index (χ2v) is 6.64. The molecule has 15 heavy (non-hydrogen) atoms. The largest absolute Gasteiger partial charge is 0.841 e. The summed E-state index contributed by atoms with van der Waals surface area (Å²) in [5.41, 5.74) is 1.20. The zero-order chi connectivity index (χ0) is 11.9. The molecular weight excluding hydrogens is 184 g/mol. The van der Waals surface area contributed by atoms with Crippen molar-refractivity contribution in [2.24, 2.45) is 10.8 Å². The van der Waals surface area contributed by atoms with Crippen LogP contribution in [0.4, 0.5) is 0 Å².